The third-order valence-electron chi connectivity index (χ3n) is 14.5. The number of rotatable bonds is 9. The Balaban J connectivity index is 1.03. The number of halogens is 5. The molecule has 81 heavy (non-hydrogen) atoms. The van der Waals surface area contributed by atoms with Gasteiger partial charge < -0.3 is 9.13 Å². The normalized spacial score (nSPS) is 11.5. The van der Waals surface area contributed by atoms with Crippen LogP contribution >= 0.6 is 0 Å². The van der Waals surface area contributed by atoms with E-state index in [1.165, 1.54) is 12.1 Å². The molecule has 14 rings (SSSR count). The summed E-state index contributed by atoms with van der Waals surface area (Å²) >= 11 is 0. The summed E-state index contributed by atoms with van der Waals surface area (Å²) in [5.41, 5.74) is 5.50. The predicted molar refractivity (Wildman–Crippen MR) is 304 cm³/mol. The lowest BCUT2D eigenvalue weighted by molar-refractivity contribution is 0.381. The number of hydrogen-bond donors (Lipinski definition) is 0. The maximum absolute atomic E-state index is 16.2. The lowest BCUT2D eigenvalue weighted by Gasteiger charge is -2.20. The van der Waals surface area contributed by atoms with E-state index in [-0.39, 0.29) is 11.3 Å². The molecule has 0 aliphatic carbocycles. The number of aromatic nitrogens is 8. The number of para-hydroxylation sites is 2. The summed E-state index contributed by atoms with van der Waals surface area (Å²) < 4.78 is 81.5. The molecule has 0 fully saturated rings. The largest absolute Gasteiger partial charge is 0.307 e. The fraction of sp³-hybridized carbons (Fsp3) is 0. The van der Waals surface area contributed by atoms with Crippen LogP contribution in [0.2, 0.25) is 0 Å². The Morgan fingerprint density at radius 1 is 0.296 bits per heavy atom. The number of nitrogens with zero attached hydrogens (tertiary/aromatic N) is 9. The SMILES string of the molecule is N#Cc1cc(-n2c3ccccc3c3cc(-c4nc(-c5ccccc5)nc(-c5ccccc5)n4)ccc32)c(-n2c3ccccc3c3cc(-c4nc(-c5ccccc5)nc(-c5ccccc5)n4)ccc32)cc1-c1c(F)c(F)c(F)c(F)c1F. The van der Waals surface area contributed by atoms with Gasteiger partial charge >= 0.3 is 0 Å². The number of hydrogen-bond acceptors (Lipinski definition) is 7. The molecule has 0 spiro atoms. The van der Waals surface area contributed by atoms with E-state index in [1.807, 2.05) is 221 Å². The molecule has 0 saturated carbocycles. The van der Waals surface area contributed by atoms with E-state index in [4.69, 9.17) is 29.9 Å². The maximum atomic E-state index is 16.2. The highest BCUT2D eigenvalue weighted by atomic mass is 19.2. The third kappa shape index (κ3) is 8.13. The van der Waals surface area contributed by atoms with Gasteiger partial charge in [-0.1, -0.05) is 158 Å². The van der Waals surface area contributed by atoms with E-state index >= 15 is 17.6 Å². The first-order valence-electron chi connectivity index (χ1n) is 25.6. The van der Waals surface area contributed by atoms with E-state index in [0.29, 0.717) is 79.2 Å². The summed E-state index contributed by atoms with van der Waals surface area (Å²) in [7, 11) is 0. The summed E-state index contributed by atoms with van der Waals surface area (Å²) in [4.78, 5) is 29.7. The minimum Gasteiger partial charge on any atom is -0.307 e. The van der Waals surface area contributed by atoms with Crippen molar-refractivity contribution in [2.75, 3.05) is 0 Å². The molecule has 384 valence electrons. The van der Waals surface area contributed by atoms with E-state index < -0.39 is 40.2 Å². The molecular formula is C67H36F5N9. The first-order chi connectivity index (χ1) is 39.7. The molecule has 10 aromatic carbocycles. The molecule has 0 radical (unpaired) electrons. The lowest BCUT2D eigenvalue weighted by Crippen LogP contribution is -2.08. The van der Waals surface area contributed by atoms with Gasteiger partial charge in [0.2, 0.25) is 5.82 Å². The van der Waals surface area contributed by atoms with E-state index in [9.17, 15) is 9.65 Å². The van der Waals surface area contributed by atoms with Crippen LogP contribution in [0.5, 0.6) is 0 Å². The van der Waals surface area contributed by atoms with E-state index in [2.05, 4.69) is 0 Å². The molecule has 4 heterocycles. The van der Waals surface area contributed by atoms with Crippen molar-refractivity contribution in [1.29, 1.82) is 5.26 Å². The van der Waals surface area contributed by atoms with Crippen LogP contribution in [0, 0.1) is 40.4 Å². The summed E-state index contributed by atoms with van der Waals surface area (Å²) in [6.45, 7) is 0. The van der Waals surface area contributed by atoms with Crippen molar-refractivity contribution in [3.63, 3.8) is 0 Å². The highest BCUT2D eigenvalue weighted by Gasteiger charge is 2.31. The van der Waals surface area contributed by atoms with Gasteiger partial charge in [0.05, 0.1) is 50.6 Å². The lowest BCUT2D eigenvalue weighted by atomic mass is 9.96. The van der Waals surface area contributed by atoms with Crippen LogP contribution in [0.3, 0.4) is 0 Å². The summed E-state index contributed by atoms with van der Waals surface area (Å²) in [6.07, 6.45) is 0. The third-order valence-corrected chi connectivity index (χ3v) is 14.5. The Labute approximate surface area is 457 Å². The summed E-state index contributed by atoms with van der Waals surface area (Å²) in [5, 5.41) is 14.0. The zero-order valence-corrected chi connectivity index (χ0v) is 42.2. The summed E-state index contributed by atoms with van der Waals surface area (Å²) in [6, 6.07) is 69.9. The fourth-order valence-corrected chi connectivity index (χ4v) is 10.7. The van der Waals surface area contributed by atoms with Crippen LogP contribution < -0.4 is 0 Å². The van der Waals surface area contributed by atoms with Gasteiger partial charge in [0.25, 0.3) is 0 Å². The Kier molecular flexibility index (Phi) is 11.6. The minimum absolute atomic E-state index is 0.244. The zero-order chi connectivity index (χ0) is 54.9. The molecule has 14 heteroatoms. The molecule has 9 nitrogen and oxygen atoms in total. The van der Waals surface area contributed by atoms with Gasteiger partial charge in [0, 0.05) is 60.5 Å². The smallest absolute Gasteiger partial charge is 0.200 e. The molecule has 0 saturated heterocycles. The van der Waals surface area contributed by atoms with Crippen molar-refractivity contribution in [2.24, 2.45) is 0 Å². The molecule has 14 aromatic rings. The second-order valence-corrected chi connectivity index (χ2v) is 19.2. The van der Waals surface area contributed by atoms with Crippen LogP contribution in [0.1, 0.15) is 5.56 Å². The Hall–Kier alpha value is -11.0. The van der Waals surface area contributed by atoms with Gasteiger partial charge in [0.1, 0.15) is 0 Å². The molecule has 0 atom stereocenters. The van der Waals surface area contributed by atoms with Crippen molar-refractivity contribution >= 4 is 43.6 Å². The van der Waals surface area contributed by atoms with Crippen molar-refractivity contribution in [3.8, 4) is 96.9 Å². The highest BCUT2D eigenvalue weighted by Crippen LogP contribution is 2.44. The van der Waals surface area contributed by atoms with Crippen LogP contribution in [-0.2, 0) is 0 Å². The van der Waals surface area contributed by atoms with Crippen molar-refractivity contribution < 1.29 is 22.0 Å². The van der Waals surface area contributed by atoms with Gasteiger partial charge in [-0.3, -0.25) is 0 Å². The first-order valence-corrected chi connectivity index (χ1v) is 25.6. The average molecular weight is 1060 g/mol. The quantitative estimate of drug-likeness (QED) is 0.0804. The fourth-order valence-electron chi connectivity index (χ4n) is 10.7. The van der Waals surface area contributed by atoms with E-state index in [0.717, 1.165) is 38.4 Å². The molecule has 0 unspecified atom stereocenters. The topological polar surface area (TPSA) is 111 Å². The molecule has 0 bridgehead atoms. The molecule has 0 N–H and O–H groups in total. The van der Waals surface area contributed by atoms with Crippen molar-refractivity contribution in [1.82, 2.24) is 39.0 Å². The maximum Gasteiger partial charge on any atom is 0.200 e. The molecule has 4 aromatic heterocycles. The second kappa shape index (κ2) is 19.5. The van der Waals surface area contributed by atoms with Crippen LogP contribution in [0.4, 0.5) is 22.0 Å². The van der Waals surface area contributed by atoms with Gasteiger partial charge in [0.15, 0.2) is 58.2 Å². The number of nitriles is 1. The zero-order valence-electron chi connectivity index (χ0n) is 42.2. The second-order valence-electron chi connectivity index (χ2n) is 19.2. The van der Waals surface area contributed by atoms with Crippen LogP contribution in [0.25, 0.3) is 134 Å². The monoisotopic (exact) mass is 1060 g/mol. The Morgan fingerprint density at radius 3 is 0.975 bits per heavy atom. The van der Waals surface area contributed by atoms with Gasteiger partial charge in [-0.25, -0.2) is 51.9 Å². The molecular weight excluding hydrogens is 1030 g/mol. The average Bonchev–Trinajstić information content (AvgIpc) is 4.03. The van der Waals surface area contributed by atoms with Crippen molar-refractivity contribution in [2.45, 2.75) is 0 Å². The summed E-state index contributed by atoms with van der Waals surface area (Å²) in [5.74, 6) is -8.08. The standard InChI is InChI=1S/C67H36F5N9/c68-57-56(58(69)60(71)61(72)59(57)70)47-36-55(81-51-28-16-14-26-46(51)49-34-43(30-32-53(49)81)67-78-64(40-21-9-3-10-22-40)75-65(79-67)41-23-11-4-12-24-41)54(35-44(47)37-73)80-50-27-15-13-25-45(50)48-33-42(29-31-52(48)80)66-76-62(38-17-5-1-6-18-38)74-63(77-66)39-19-7-2-8-20-39/h1-36H. The Morgan fingerprint density at radius 2 is 0.605 bits per heavy atom. The van der Waals surface area contributed by atoms with Gasteiger partial charge in [-0.2, -0.15) is 5.26 Å². The highest BCUT2D eigenvalue weighted by molar-refractivity contribution is 6.13. The first kappa shape index (κ1) is 48.3. The predicted octanol–water partition coefficient (Wildman–Crippen LogP) is 16.5. The minimum atomic E-state index is -2.32. The van der Waals surface area contributed by atoms with E-state index in [1.54, 1.807) is 0 Å². The molecule has 0 aliphatic rings. The number of benzene rings is 10. The van der Waals surface area contributed by atoms with Crippen molar-refractivity contribution in [3.05, 3.63) is 253 Å². The van der Waals surface area contributed by atoms with Crippen LogP contribution in [-0.4, -0.2) is 39.0 Å². The van der Waals surface area contributed by atoms with Gasteiger partial charge in [-0.15, -0.1) is 0 Å². The molecule has 0 amide bonds. The van der Waals surface area contributed by atoms with Gasteiger partial charge in [-0.05, 0) is 60.7 Å². The number of fused-ring (bicyclic) bond motifs is 6. The van der Waals surface area contributed by atoms with Crippen LogP contribution in [0.15, 0.2) is 218 Å². The Bertz CT molecular complexity index is 4740. The molecule has 0 aliphatic heterocycles.